The van der Waals surface area contributed by atoms with E-state index in [4.69, 9.17) is 4.74 Å². The summed E-state index contributed by atoms with van der Waals surface area (Å²) in [6.07, 6.45) is 9.44. The second-order valence-corrected chi connectivity index (χ2v) is 5.21. The number of hydrogen-bond acceptors (Lipinski definition) is 2. The fourth-order valence-electron chi connectivity index (χ4n) is 2.49. The normalized spacial score (nSPS) is 28.4. The Bertz CT molecular complexity index is 295. The van der Waals surface area contributed by atoms with E-state index in [0.717, 1.165) is 44.6 Å². The van der Waals surface area contributed by atoms with E-state index in [-0.39, 0.29) is 0 Å². The Hall–Kier alpha value is -1.03. The highest BCUT2D eigenvalue weighted by Crippen LogP contribution is 2.16. The summed E-state index contributed by atoms with van der Waals surface area (Å²) < 4.78 is 5.37. The Morgan fingerprint density at radius 3 is 2.67 bits per heavy atom. The molecular formula is C14H25N3O. The summed E-state index contributed by atoms with van der Waals surface area (Å²) in [5.74, 6) is 2.32. The second-order valence-electron chi connectivity index (χ2n) is 5.21. The molecule has 1 aliphatic heterocycles. The zero-order chi connectivity index (χ0) is 12.6. The van der Waals surface area contributed by atoms with Gasteiger partial charge >= 0.3 is 0 Å². The number of guanidine groups is 1. The number of rotatable bonds is 4. The highest BCUT2D eigenvalue weighted by atomic mass is 16.5. The van der Waals surface area contributed by atoms with Crippen molar-refractivity contribution in [3.63, 3.8) is 0 Å². The molecule has 0 aromatic carbocycles. The van der Waals surface area contributed by atoms with E-state index in [2.05, 4.69) is 27.8 Å². The van der Waals surface area contributed by atoms with Gasteiger partial charge in [0.05, 0.1) is 6.61 Å². The molecule has 102 valence electrons. The molecule has 0 spiro atoms. The molecule has 1 heterocycles. The Kier molecular flexibility index (Phi) is 5.52. The molecule has 0 radical (unpaired) electrons. The summed E-state index contributed by atoms with van der Waals surface area (Å²) >= 11 is 0. The quantitative estimate of drug-likeness (QED) is 0.453. The molecule has 0 amide bonds. The molecule has 2 aliphatic rings. The molecular weight excluding hydrogens is 226 g/mol. The fraction of sp³-hybridized carbons (Fsp3) is 0.786. The van der Waals surface area contributed by atoms with Gasteiger partial charge in [-0.05, 0) is 31.6 Å². The third-order valence-corrected chi connectivity index (χ3v) is 3.74. The van der Waals surface area contributed by atoms with E-state index in [1.54, 1.807) is 0 Å². The van der Waals surface area contributed by atoms with Crippen molar-refractivity contribution in [2.45, 2.75) is 25.7 Å². The molecule has 1 saturated heterocycles. The molecule has 0 aromatic rings. The summed E-state index contributed by atoms with van der Waals surface area (Å²) in [5.41, 5.74) is 0. The Labute approximate surface area is 110 Å². The van der Waals surface area contributed by atoms with Crippen LogP contribution in [0.15, 0.2) is 17.1 Å². The topological polar surface area (TPSA) is 45.7 Å². The summed E-state index contributed by atoms with van der Waals surface area (Å²) in [6, 6.07) is 0. The van der Waals surface area contributed by atoms with Gasteiger partial charge in [-0.15, -0.1) is 0 Å². The van der Waals surface area contributed by atoms with Crippen LogP contribution in [-0.2, 0) is 4.74 Å². The van der Waals surface area contributed by atoms with Crippen molar-refractivity contribution in [1.82, 2.24) is 10.6 Å². The van der Waals surface area contributed by atoms with Gasteiger partial charge in [0, 0.05) is 32.7 Å². The van der Waals surface area contributed by atoms with Gasteiger partial charge in [-0.2, -0.15) is 0 Å². The van der Waals surface area contributed by atoms with Crippen LogP contribution in [0.5, 0.6) is 0 Å². The molecule has 2 rings (SSSR count). The van der Waals surface area contributed by atoms with Crippen LogP contribution < -0.4 is 10.6 Å². The van der Waals surface area contributed by atoms with E-state index in [1.165, 1.54) is 19.3 Å². The smallest absolute Gasteiger partial charge is 0.190 e. The lowest BCUT2D eigenvalue weighted by Crippen LogP contribution is -2.42. The van der Waals surface area contributed by atoms with E-state index < -0.39 is 0 Å². The van der Waals surface area contributed by atoms with Crippen LogP contribution in [0.2, 0.25) is 0 Å². The van der Waals surface area contributed by atoms with Crippen LogP contribution in [0.1, 0.15) is 25.7 Å². The SMILES string of the molecule is CN=C(NCC1CC=CCC1)NCC1CCOC1. The molecule has 4 nitrogen and oxygen atoms in total. The number of nitrogens with zero attached hydrogens (tertiary/aromatic N) is 1. The minimum Gasteiger partial charge on any atom is -0.381 e. The second kappa shape index (κ2) is 7.41. The standard InChI is InChI=1S/C14H25N3O/c1-15-14(17-10-13-7-8-18-11-13)16-9-12-5-3-2-4-6-12/h2-3,12-13H,4-11H2,1H3,(H2,15,16,17). The molecule has 18 heavy (non-hydrogen) atoms. The van der Waals surface area contributed by atoms with Gasteiger partial charge in [0.25, 0.3) is 0 Å². The first-order chi connectivity index (χ1) is 8.88. The zero-order valence-corrected chi connectivity index (χ0v) is 11.3. The third-order valence-electron chi connectivity index (χ3n) is 3.74. The first-order valence-electron chi connectivity index (χ1n) is 7.05. The van der Waals surface area contributed by atoms with Crippen molar-refractivity contribution < 1.29 is 4.74 Å². The van der Waals surface area contributed by atoms with Crippen LogP contribution in [-0.4, -0.2) is 39.3 Å². The van der Waals surface area contributed by atoms with Crippen LogP contribution in [0.3, 0.4) is 0 Å². The lowest BCUT2D eigenvalue weighted by molar-refractivity contribution is 0.186. The number of aliphatic imine (C=N–C) groups is 1. The molecule has 1 fully saturated rings. The Morgan fingerprint density at radius 1 is 1.22 bits per heavy atom. The summed E-state index contributed by atoms with van der Waals surface area (Å²) in [5, 5.41) is 6.82. The van der Waals surface area contributed by atoms with Crippen molar-refractivity contribution in [3.8, 4) is 0 Å². The molecule has 2 atom stereocenters. The molecule has 0 aromatic heterocycles. The van der Waals surface area contributed by atoms with E-state index >= 15 is 0 Å². The zero-order valence-electron chi connectivity index (χ0n) is 11.3. The van der Waals surface area contributed by atoms with Crippen molar-refractivity contribution in [3.05, 3.63) is 12.2 Å². The lowest BCUT2D eigenvalue weighted by Gasteiger charge is -2.20. The minimum atomic E-state index is 0.640. The van der Waals surface area contributed by atoms with Gasteiger partial charge in [0.15, 0.2) is 5.96 Å². The Morgan fingerprint density at radius 2 is 2.06 bits per heavy atom. The van der Waals surface area contributed by atoms with Crippen molar-refractivity contribution in [2.24, 2.45) is 16.8 Å². The molecule has 1 aliphatic carbocycles. The maximum atomic E-state index is 5.37. The van der Waals surface area contributed by atoms with Crippen molar-refractivity contribution in [1.29, 1.82) is 0 Å². The highest BCUT2D eigenvalue weighted by molar-refractivity contribution is 5.79. The summed E-state index contributed by atoms with van der Waals surface area (Å²) in [7, 11) is 1.83. The first-order valence-corrected chi connectivity index (χ1v) is 7.05. The van der Waals surface area contributed by atoms with Crippen LogP contribution >= 0.6 is 0 Å². The van der Waals surface area contributed by atoms with E-state index in [1.807, 2.05) is 7.05 Å². The molecule has 0 bridgehead atoms. The van der Waals surface area contributed by atoms with Crippen molar-refractivity contribution in [2.75, 3.05) is 33.4 Å². The molecule has 2 N–H and O–H groups in total. The molecule has 2 unspecified atom stereocenters. The van der Waals surface area contributed by atoms with Gasteiger partial charge in [-0.1, -0.05) is 12.2 Å². The highest BCUT2D eigenvalue weighted by Gasteiger charge is 2.16. The summed E-state index contributed by atoms with van der Waals surface area (Å²) in [6.45, 7) is 3.78. The Balaban J connectivity index is 1.63. The minimum absolute atomic E-state index is 0.640. The lowest BCUT2D eigenvalue weighted by atomic mass is 9.94. The molecule has 4 heteroatoms. The number of nitrogens with one attached hydrogen (secondary N) is 2. The van der Waals surface area contributed by atoms with Gasteiger partial charge in [-0.3, -0.25) is 4.99 Å². The van der Waals surface area contributed by atoms with Crippen molar-refractivity contribution >= 4 is 5.96 Å². The maximum absolute atomic E-state index is 5.37. The first kappa shape index (κ1) is 13.4. The van der Waals surface area contributed by atoms with E-state index in [9.17, 15) is 0 Å². The number of ether oxygens (including phenoxy) is 1. The fourth-order valence-corrected chi connectivity index (χ4v) is 2.49. The average molecular weight is 251 g/mol. The summed E-state index contributed by atoms with van der Waals surface area (Å²) in [4.78, 5) is 4.27. The molecule has 0 saturated carbocycles. The number of hydrogen-bond donors (Lipinski definition) is 2. The third kappa shape index (κ3) is 4.33. The monoisotopic (exact) mass is 251 g/mol. The van der Waals surface area contributed by atoms with Gasteiger partial charge in [-0.25, -0.2) is 0 Å². The average Bonchev–Trinajstić information content (AvgIpc) is 2.93. The van der Waals surface area contributed by atoms with Crippen LogP contribution in [0.25, 0.3) is 0 Å². The predicted octanol–water partition coefficient (Wildman–Crippen LogP) is 1.54. The van der Waals surface area contributed by atoms with Gasteiger partial charge in [0.2, 0.25) is 0 Å². The predicted molar refractivity (Wildman–Crippen MR) is 74.8 cm³/mol. The van der Waals surface area contributed by atoms with Gasteiger partial charge in [0.1, 0.15) is 0 Å². The largest absolute Gasteiger partial charge is 0.381 e. The van der Waals surface area contributed by atoms with E-state index in [0.29, 0.717) is 5.92 Å². The van der Waals surface area contributed by atoms with Crippen LogP contribution in [0.4, 0.5) is 0 Å². The number of allylic oxidation sites excluding steroid dienone is 2. The maximum Gasteiger partial charge on any atom is 0.190 e. The van der Waals surface area contributed by atoms with Gasteiger partial charge < -0.3 is 15.4 Å². The van der Waals surface area contributed by atoms with Crippen LogP contribution in [0, 0.1) is 11.8 Å².